The van der Waals surface area contributed by atoms with Crippen molar-refractivity contribution in [1.29, 1.82) is 0 Å². The Morgan fingerprint density at radius 3 is 1.83 bits per heavy atom. The lowest BCUT2D eigenvalue weighted by Crippen LogP contribution is -2.48. The molecule has 2 heterocycles. The number of nitrogens with zero attached hydrogens (tertiary/aromatic N) is 4. The zero-order valence-corrected chi connectivity index (χ0v) is 18.0. The average molecular weight is 408 g/mol. The second kappa shape index (κ2) is 9.96. The Bertz CT molecular complexity index is 794. The molecule has 1 amide bonds. The van der Waals surface area contributed by atoms with Crippen molar-refractivity contribution in [1.82, 2.24) is 9.80 Å². The number of carbonyl (C=O) groups is 1. The molecule has 0 unspecified atom stereocenters. The summed E-state index contributed by atoms with van der Waals surface area (Å²) < 4.78 is 0. The lowest BCUT2D eigenvalue weighted by atomic mass is 10.2. The van der Waals surface area contributed by atoms with Crippen molar-refractivity contribution in [3.8, 4) is 0 Å². The van der Waals surface area contributed by atoms with E-state index in [2.05, 4.69) is 68.2 Å². The molecular weight excluding hydrogens is 374 g/mol. The number of nitrogens with one attached hydrogen (secondary N) is 1. The summed E-state index contributed by atoms with van der Waals surface area (Å²) in [7, 11) is 0. The number of para-hydroxylation sites is 1. The zero-order chi connectivity index (χ0) is 20.8. The van der Waals surface area contributed by atoms with Crippen LogP contribution in [0.15, 0.2) is 54.6 Å². The molecule has 0 radical (unpaired) electrons. The van der Waals surface area contributed by atoms with Gasteiger partial charge in [0.15, 0.2) is 0 Å². The first-order valence-corrected chi connectivity index (χ1v) is 11.1. The Hall–Kier alpha value is -2.57. The fraction of sp³-hybridized carbons (Fsp3) is 0.458. The number of benzene rings is 2. The summed E-state index contributed by atoms with van der Waals surface area (Å²) in [6.07, 6.45) is 0. The molecule has 2 aromatic carbocycles. The van der Waals surface area contributed by atoms with Crippen LogP contribution >= 0.6 is 0 Å². The number of likely N-dealkylation sites (N-methyl/N-ethyl adjacent to an activating group) is 1. The van der Waals surface area contributed by atoms with Crippen LogP contribution in [-0.2, 0) is 4.79 Å². The van der Waals surface area contributed by atoms with Crippen LogP contribution in [0.4, 0.5) is 17.1 Å². The van der Waals surface area contributed by atoms with E-state index in [4.69, 9.17) is 0 Å². The highest BCUT2D eigenvalue weighted by Crippen LogP contribution is 2.20. The van der Waals surface area contributed by atoms with Crippen molar-refractivity contribution >= 4 is 23.0 Å². The summed E-state index contributed by atoms with van der Waals surface area (Å²) in [6, 6.07) is 18.8. The molecule has 6 nitrogen and oxygen atoms in total. The van der Waals surface area contributed by atoms with Crippen molar-refractivity contribution < 1.29 is 4.79 Å². The van der Waals surface area contributed by atoms with Crippen LogP contribution in [-0.4, -0.2) is 81.2 Å². The number of hydrogen-bond donors (Lipinski definition) is 1. The highest BCUT2D eigenvalue weighted by Gasteiger charge is 2.19. The molecule has 2 aliphatic heterocycles. The minimum absolute atomic E-state index is 0.0625. The van der Waals surface area contributed by atoms with Crippen LogP contribution in [0.1, 0.15) is 6.92 Å². The highest BCUT2D eigenvalue weighted by molar-refractivity contribution is 5.92. The third-order valence-corrected chi connectivity index (χ3v) is 6.20. The van der Waals surface area contributed by atoms with Gasteiger partial charge in [-0.25, -0.2) is 0 Å². The van der Waals surface area contributed by atoms with Gasteiger partial charge in [0.05, 0.1) is 6.54 Å². The molecule has 0 atom stereocenters. The molecular formula is C24H33N5O. The fourth-order valence-corrected chi connectivity index (χ4v) is 4.28. The standard InChI is InChI=1S/C24H33N5O/c1-2-26-12-16-29(17-13-26)23-10-8-21(9-11-23)25-24(30)20-27-14-18-28(19-15-27)22-6-4-3-5-7-22/h3-11H,2,12-20H2,1H3,(H,25,30). The summed E-state index contributed by atoms with van der Waals surface area (Å²) in [5.41, 5.74) is 3.37. The maximum Gasteiger partial charge on any atom is 0.238 e. The fourth-order valence-electron chi connectivity index (χ4n) is 4.28. The van der Waals surface area contributed by atoms with Gasteiger partial charge in [0, 0.05) is 69.4 Å². The van der Waals surface area contributed by atoms with Crippen LogP contribution in [0.3, 0.4) is 0 Å². The maximum absolute atomic E-state index is 12.5. The molecule has 160 valence electrons. The van der Waals surface area contributed by atoms with E-state index in [1.807, 2.05) is 18.2 Å². The van der Waals surface area contributed by atoms with E-state index >= 15 is 0 Å². The van der Waals surface area contributed by atoms with Crippen molar-refractivity contribution in [2.24, 2.45) is 0 Å². The van der Waals surface area contributed by atoms with Crippen LogP contribution in [0.25, 0.3) is 0 Å². The van der Waals surface area contributed by atoms with E-state index in [1.54, 1.807) is 0 Å². The van der Waals surface area contributed by atoms with E-state index in [-0.39, 0.29) is 5.91 Å². The van der Waals surface area contributed by atoms with Crippen LogP contribution < -0.4 is 15.1 Å². The molecule has 4 rings (SSSR count). The monoisotopic (exact) mass is 407 g/mol. The van der Waals surface area contributed by atoms with Crippen molar-refractivity contribution in [2.45, 2.75) is 6.92 Å². The first kappa shape index (κ1) is 20.7. The quantitative estimate of drug-likeness (QED) is 0.797. The topological polar surface area (TPSA) is 42.1 Å². The largest absolute Gasteiger partial charge is 0.369 e. The highest BCUT2D eigenvalue weighted by atomic mass is 16.2. The second-order valence-electron chi connectivity index (χ2n) is 8.12. The third-order valence-electron chi connectivity index (χ3n) is 6.20. The summed E-state index contributed by atoms with van der Waals surface area (Å²) in [6.45, 7) is 11.9. The van der Waals surface area contributed by atoms with Gasteiger partial charge in [0.2, 0.25) is 5.91 Å². The molecule has 0 aliphatic carbocycles. The van der Waals surface area contributed by atoms with E-state index in [0.717, 1.165) is 64.6 Å². The van der Waals surface area contributed by atoms with E-state index in [0.29, 0.717) is 6.54 Å². The first-order chi connectivity index (χ1) is 14.7. The average Bonchev–Trinajstić information content (AvgIpc) is 2.81. The van der Waals surface area contributed by atoms with Crippen molar-refractivity contribution in [3.05, 3.63) is 54.6 Å². The summed E-state index contributed by atoms with van der Waals surface area (Å²) in [4.78, 5) is 22.0. The van der Waals surface area contributed by atoms with E-state index < -0.39 is 0 Å². The van der Waals surface area contributed by atoms with Gasteiger partial charge in [-0.15, -0.1) is 0 Å². The molecule has 0 bridgehead atoms. The zero-order valence-electron chi connectivity index (χ0n) is 18.0. The predicted molar refractivity (Wildman–Crippen MR) is 124 cm³/mol. The molecule has 2 aliphatic rings. The Labute approximate surface area is 180 Å². The van der Waals surface area contributed by atoms with Crippen molar-refractivity contribution in [2.75, 3.05) is 80.6 Å². The lowest BCUT2D eigenvalue weighted by molar-refractivity contribution is -0.117. The minimum atomic E-state index is 0.0625. The molecule has 2 saturated heterocycles. The first-order valence-electron chi connectivity index (χ1n) is 11.1. The van der Waals surface area contributed by atoms with Crippen molar-refractivity contribution in [3.63, 3.8) is 0 Å². The lowest BCUT2D eigenvalue weighted by Gasteiger charge is -2.36. The predicted octanol–water partition coefficient (Wildman–Crippen LogP) is 2.59. The molecule has 0 saturated carbocycles. The molecule has 30 heavy (non-hydrogen) atoms. The summed E-state index contributed by atoms with van der Waals surface area (Å²) in [5, 5.41) is 3.06. The normalized spacial score (nSPS) is 18.4. The minimum Gasteiger partial charge on any atom is -0.369 e. The molecule has 2 aromatic rings. The smallest absolute Gasteiger partial charge is 0.238 e. The molecule has 0 spiro atoms. The Morgan fingerprint density at radius 1 is 0.733 bits per heavy atom. The molecule has 1 N–H and O–H groups in total. The van der Waals surface area contributed by atoms with Gasteiger partial charge >= 0.3 is 0 Å². The summed E-state index contributed by atoms with van der Waals surface area (Å²) >= 11 is 0. The van der Waals surface area contributed by atoms with Crippen LogP contribution in [0.5, 0.6) is 0 Å². The van der Waals surface area contributed by atoms with Gasteiger partial charge in [-0.1, -0.05) is 25.1 Å². The van der Waals surface area contributed by atoms with Gasteiger partial charge < -0.3 is 20.0 Å². The van der Waals surface area contributed by atoms with Gasteiger partial charge in [-0.05, 0) is 42.9 Å². The number of rotatable bonds is 6. The number of anilines is 3. The molecule has 6 heteroatoms. The molecule has 2 fully saturated rings. The van der Waals surface area contributed by atoms with E-state index in [1.165, 1.54) is 11.4 Å². The third kappa shape index (κ3) is 5.32. The summed E-state index contributed by atoms with van der Waals surface area (Å²) in [5.74, 6) is 0.0625. The van der Waals surface area contributed by atoms with Crippen LogP contribution in [0, 0.1) is 0 Å². The van der Waals surface area contributed by atoms with Crippen LogP contribution in [0.2, 0.25) is 0 Å². The Kier molecular flexibility index (Phi) is 6.87. The SMILES string of the molecule is CCN1CCN(c2ccc(NC(=O)CN3CCN(c4ccccc4)CC3)cc2)CC1. The maximum atomic E-state index is 12.5. The molecule has 0 aromatic heterocycles. The number of hydrogen-bond acceptors (Lipinski definition) is 5. The van der Waals surface area contributed by atoms with Gasteiger partial charge in [-0.3, -0.25) is 9.69 Å². The van der Waals surface area contributed by atoms with Gasteiger partial charge in [-0.2, -0.15) is 0 Å². The van der Waals surface area contributed by atoms with E-state index in [9.17, 15) is 4.79 Å². The number of piperazine rings is 2. The van der Waals surface area contributed by atoms with Gasteiger partial charge in [0.1, 0.15) is 0 Å². The number of carbonyl (C=O) groups excluding carboxylic acids is 1. The second-order valence-corrected chi connectivity index (χ2v) is 8.12. The van der Waals surface area contributed by atoms with Gasteiger partial charge in [0.25, 0.3) is 0 Å². The Morgan fingerprint density at radius 2 is 1.27 bits per heavy atom. The number of amides is 1. The Balaban J connectivity index is 1.22.